The van der Waals surface area contributed by atoms with Gasteiger partial charge in [-0.3, -0.25) is 0 Å². The predicted octanol–water partition coefficient (Wildman–Crippen LogP) is 14.6. The summed E-state index contributed by atoms with van der Waals surface area (Å²) in [5, 5.41) is 8.25. The fourth-order valence-corrected chi connectivity index (χ4v) is 16.4. The van der Waals surface area contributed by atoms with E-state index in [9.17, 15) is 0 Å². The Balaban J connectivity index is 0.900. The van der Waals surface area contributed by atoms with E-state index in [0.717, 1.165) is 22.7 Å². The van der Waals surface area contributed by atoms with Crippen LogP contribution in [0.25, 0.3) is 72.0 Å². The fraction of sp³-hybridized carbons (Fsp3) is 0. The Labute approximate surface area is 404 Å². The van der Waals surface area contributed by atoms with E-state index in [1.807, 2.05) is 0 Å². The van der Waals surface area contributed by atoms with E-state index in [1.165, 1.54) is 87.1 Å². The highest BCUT2D eigenvalue weighted by Gasteiger charge is 2.48. The van der Waals surface area contributed by atoms with Crippen molar-refractivity contribution < 1.29 is 0 Å². The van der Waals surface area contributed by atoms with E-state index in [-0.39, 0.29) is 0 Å². The average Bonchev–Trinajstić information content (AvgIpc) is 3.93. The molecule has 0 amide bonds. The number of nitrogens with zero attached hydrogens (tertiary/aromatic N) is 2. The first-order chi connectivity index (χ1) is 34.2. The van der Waals surface area contributed by atoms with Gasteiger partial charge in [0.15, 0.2) is 8.07 Å². The van der Waals surface area contributed by atoms with Crippen LogP contribution in [-0.4, -0.2) is 12.6 Å². The Morgan fingerprint density at radius 2 is 0.739 bits per heavy atom. The van der Waals surface area contributed by atoms with Crippen LogP contribution in [0.15, 0.2) is 279 Å². The summed E-state index contributed by atoms with van der Waals surface area (Å²) in [4.78, 5) is 2.38. The van der Waals surface area contributed by atoms with E-state index >= 15 is 0 Å². The largest absolute Gasteiger partial charge is 0.311 e. The van der Waals surface area contributed by atoms with Crippen molar-refractivity contribution in [3.63, 3.8) is 0 Å². The summed E-state index contributed by atoms with van der Waals surface area (Å²) in [5.41, 5.74) is 16.7. The van der Waals surface area contributed by atoms with Crippen molar-refractivity contribution in [3.05, 3.63) is 279 Å². The lowest BCUT2D eigenvalue weighted by molar-refractivity contribution is 1.18. The van der Waals surface area contributed by atoms with Crippen molar-refractivity contribution in [1.29, 1.82) is 0 Å². The molecule has 1 aromatic heterocycles. The van der Waals surface area contributed by atoms with Gasteiger partial charge in [-0.1, -0.05) is 212 Å². The van der Waals surface area contributed by atoms with E-state index < -0.39 is 8.07 Å². The van der Waals surface area contributed by atoms with Crippen LogP contribution in [0.3, 0.4) is 0 Å². The summed E-state index contributed by atoms with van der Waals surface area (Å²) in [5.74, 6) is 0. The van der Waals surface area contributed by atoms with E-state index in [2.05, 4.69) is 289 Å². The van der Waals surface area contributed by atoms with Gasteiger partial charge < -0.3 is 9.47 Å². The highest BCUT2D eigenvalue weighted by molar-refractivity contribution is 7.22. The molecule has 0 aliphatic carbocycles. The number of hydrogen-bond donors (Lipinski definition) is 0. The lowest BCUT2D eigenvalue weighted by atomic mass is 9.98. The van der Waals surface area contributed by atoms with Crippen LogP contribution in [0.4, 0.5) is 17.1 Å². The van der Waals surface area contributed by atoms with E-state index in [4.69, 9.17) is 0 Å². The molecule has 0 N–H and O–H groups in total. The molecule has 1 aliphatic rings. The second-order valence-corrected chi connectivity index (χ2v) is 21.7. The first-order valence-corrected chi connectivity index (χ1v) is 25.8. The minimum Gasteiger partial charge on any atom is -0.311 e. The Morgan fingerprint density at radius 3 is 1.38 bits per heavy atom. The number of benzene rings is 11. The van der Waals surface area contributed by atoms with Crippen LogP contribution < -0.4 is 25.6 Å². The highest BCUT2D eigenvalue weighted by atomic mass is 28.3. The maximum Gasteiger partial charge on any atom is 0.180 e. The normalized spacial score (nSPS) is 12.5. The van der Waals surface area contributed by atoms with Gasteiger partial charge in [0.1, 0.15) is 0 Å². The number of aromatic nitrogens is 1. The van der Waals surface area contributed by atoms with E-state index in [1.54, 1.807) is 0 Å². The number of rotatable bonds is 9. The number of hydrogen-bond acceptors (Lipinski definition) is 1. The molecule has 0 bridgehead atoms. The van der Waals surface area contributed by atoms with Crippen molar-refractivity contribution in [2.75, 3.05) is 4.90 Å². The molecule has 2 nitrogen and oxygen atoms in total. The second-order valence-electron chi connectivity index (χ2n) is 18.0. The molecule has 1 aliphatic heterocycles. The van der Waals surface area contributed by atoms with Crippen molar-refractivity contribution >= 4 is 67.7 Å². The summed E-state index contributed by atoms with van der Waals surface area (Å²) in [6, 6.07) is 103. The molecule has 3 heteroatoms. The minimum atomic E-state index is -2.55. The molecular weight excluding hydrogens is 849 g/mol. The summed E-state index contributed by atoms with van der Waals surface area (Å²) < 4.78 is 2.39. The molecular formula is C66H46N2Si. The van der Waals surface area contributed by atoms with Crippen LogP contribution in [0.2, 0.25) is 0 Å². The van der Waals surface area contributed by atoms with Crippen molar-refractivity contribution in [2.45, 2.75) is 0 Å². The monoisotopic (exact) mass is 894 g/mol. The Hall–Kier alpha value is -8.76. The molecule has 69 heavy (non-hydrogen) atoms. The number of fused-ring (bicyclic) bond motifs is 6. The van der Waals surface area contributed by atoms with Gasteiger partial charge in [-0.15, -0.1) is 0 Å². The zero-order valence-corrected chi connectivity index (χ0v) is 39.0. The van der Waals surface area contributed by atoms with Gasteiger partial charge >= 0.3 is 0 Å². The Kier molecular flexibility index (Phi) is 9.88. The second kappa shape index (κ2) is 16.8. The van der Waals surface area contributed by atoms with Crippen molar-refractivity contribution in [1.82, 2.24) is 4.57 Å². The Bertz CT molecular complexity index is 3750. The summed E-state index contributed by atoms with van der Waals surface area (Å²) in [6.07, 6.45) is 0. The van der Waals surface area contributed by atoms with Gasteiger partial charge in [-0.05, 0) is 132 Å². The predicted molar refractivity (Wildman–Crippen MR) is 294 cm³/mol. The van der Waals surface area contributed by atoms with Crippen LogP contribution in [0.1, 0.15) is 0 Å². The molecule has 0 spiro atoms. The van der Waals surface area contributed by atoms with Crippen LogP contribution in [0, 0.1) is 0 Å². The number of anilines is 3. The highest BCUT2D eigenvalue weighted by Crippen LogP contribution is 2.42. The number of para-hydroxylation sites is 2. The molecule has 11 aromatic carbocycles. The van der Waals surface area contributed by atoms with Gasteiger partial charge in [-0.2, -0.15) is 0 Å². The summed E-state index contributed by atoms with van der Waals surface area (Å²) in [7, 11) is -2.55. The molecule has 0 radical (unpaired) electrons. The first-order valence-electron chi connectivity index (χ1n) is 23.8. The molecule has 0 saturated heterocycles. The SMILES string of the molecule is c1ccc(-c2ccc(N(c3ccc(-c4ccc5c(c4)-c4ccccc4[Si]5(c4ccccc4)c4ccccc4)cc3)c3ccc(-c4cccc5c4c4ccccc4n5-c4ccccc4)cc3)cc2)cc1. The molecule has 0 unspecified atom stereocenters. The quantitative estimate of drug-likeness (QED) is 0.131. The molecule has 2 heterocycles. The maximum atomic E-state index is 2.44. The van der Waals surface area contributed by atoms with Crippen molar-refractivity contribution in [3.8, 4) is 50.2 Å². The zero-order chi connectivity index (χ0) is 45.7. The van der Waals surface area contributed by atoms with E-state index in [0.29, 0.717) is 0 Å². The molecule has 12 aromatic rings. The molecule has 0 saturated carbocycles. The van der Waals surface area contributed by atoms with Crippen LogP contribution in [-0.2, 0) is 0 Å². The van der Waals surface area contributed by atoms with Gasteiger partial charge in [0.05, 0.1) is 11.0 Å². The smallest absolute Gasteiger partial charge is 0.180 e. The lowest BCUT2D eigenvalue weighted by Crippen LogP contribution is -2.72. The van der Waals surface area contributed by atoms with Gasteiger partial charge in [0.25, 0.3) is 0 Å². The standard InChI is InChI=1S/C66H46N2Si/c1-5-18-47(19-6-1)48-32-39-53(40-33-48)67(55-43-36-50(37-44-55)58-28-17-30-63-66(58)60-27-13-15-29-62(60)68(63)52-20-7-2-8-21-52)54-41-34-49(35-42-54)51-38-45-65-61(46-51)59-26-14-16-31-64(59)69(65,56-22-9-3-10-23-56)57-24-11-4-12-25-57/h1-46H. The van der Waals surface area contributed by atoms with Crippen LogP contribution in [0.5, 0.6) is 0 Å². The molecule has 0 atom stereocenters. The molecule has 0 fully saturated rings. The Morgan fingerprint density at radius 1 is 0.290 bits per heavy atom. The summed E-state index contributed by atoms with van der Waals surface area (Å²) >= 11 is 0. The average molecular weight is 895 g/mol. The van der Waals surface area contributed by atoms with Gasteiger partial charge in [-0.25, -0.2) is 0 Å². The topological polar surface area (TPSA) is 8.17 Å². The fourth-order valence-electron chi connectivity index (χ4n) is 11.2. The third-order valence-electron chi connectivity index (χ3n) is 14.3. The van der Waals surface area contributed by atoms with Gasteiger partial charge in [0.2, 0.25) is 0 Å². The first kappa shape index (κ1) is 40.5. The molecule has 13 rings (SSSR count). The maximum absolute atomic E-state index is 2.55. The third kappa shape index (κ3) is 6.70. The van der Waals surface area contributed by atoms with Crippen molar-refractivity contribution in [2.24, 2.45) is 0 Å². The van der Waals surface area contributed by atoms with Gasteiger partial charge in [0, 0.05) is 33.5 Å². The zero-order valence-electron chi connectivity index (χ0n) is 38.0. The van der Waals surface area contributed by atoms with Crippen LogP contribution >= 0.6 is 0 Å². The lowest BCUT2D eigenvalue weighted by Gasteiger charge is -2.31. The minimum absolute atomic E-state index is 1.09. The third-order valence-corrected chi connectivity index (χ3v) is 19.2. The molecule has 324 valence electrons. The summed E-state index contributed by atoms with van der Waals surface area (Å²) in [6.45, 7) is 0.